The molecule has 2 N–H and O–H groups in total. The second-order valence-electron chi connectivity index (χ2n) is 4.70. The number of hydrogen-bond acceptors (Lipinski definition) is 1. The van der Waals surface area contributed by atoms with Crippen molar-refractivity contribution in [2.45, 2.75) is 45.6 Å². The molecule has 0 saturated heterocycles. The van der Waals surface area contributed by atoms with E-state index >= 15 is 0 Å². The summed E-state index contributed by atoms with van der Waals surface area (Å²) >= 11 is 0. The highest BCUT2D eigenvalue weighted by Gasteiger charge is 2.16. The average molecular weight is 241 g/mol. The van der Waals surface area contributed by atoms with Crippen LogP contribution in [0.4, 0.5) is 8.78 Å². The largest absolute Gasteiger partial charge is 0.327 e. The summed E-state index contributed by atoms with van der Waals surface area (Å²) in [5, 5.41) is 0. The molecule has 96 valence electrons. The van der Waals surface area contributed by atoms with Crippen LogP contribution in [0.3, 0.4) is 0 Å². The van der Waals surface area contributed by atoms with Crippen LogP contribution in [0.15, 0.2) is 18.2 Å². The fourth-order valence-electron chi connectivity index (χ4n) is 1.90. The van der Waals surface area contributed by atoms with Crippen LogP contribution in [-0.2, 0) is 6.42 Å². The Labute approximate surface area is 102 Å². The van der Waals surface area contributed by atoms with Gasteiger partial charge in [0.25, 0.3) is 0 Å². The minimum absolute atomic E-state index is 0.113. The molecule has 0 fully saturated rings. The van der Waals surface area contributed by atoms with Crippen LogP contribution in [0.2, 0.25) is 0 Å². The number of benzene rings is 1. The molecule has 1 aromatic carbocycles. The van der Waals surface area contributed by atoms with Gasteiger partial charge >= 0.3 is 0 Å². The molecular weight excluding hydrogens is 220 g/mol. The first-order valence-electron chi connectivity index (χ1n) is 6.24. The predicted molar refractivity (Wildman–Crippen MR) is 66.7 cm³/mol. The molecule has 0 aliphatic heterocycles. The molecule has 0 saturated carbocycles. The normalized spacial score (nSPS) is 14.6. The zero-order valence-electron chi connectivity index (χ0n) is 10.5. The summed E-state index contributed by atoms with van der Waals surface area (Å²) in [4.78, 5) is 0. The summed E-state index contributed by atoms with van der Waals surface area (Å²) in [5.41, 5.74) is 6.40. The summed E-state index contributed by atoms with van der Waals surface area (Å²) in [6.45, 7) is 4.20. The number of rotatable bonds is 6. The summed E-state index contributed by atoms with van der Waals surface area (Å²) in [6, 6.07) is 4.14. The molecular formula is C14H21F2N. The van der Waals surface area contributed by atoms with Crippen molar-refractivity contribution in [1.29, 1.82) is 0 Å². The Morgan fingerprint density at radius 1 is 1.29 bits per heavy atom. The van der Waals surface area contributed by atoms with E-state index in [-0.39, 0.29) is 6.04 Å². The molecule has 1 rings (SSSR count). The zero-order chi connectivity index (χ0) is 12.8. The SMILES string of the molecule is CCCCC(C)C(N)Cc1cccc(F)c1F. The van der Waals surface area contributed by atoms with Crippen LogP contribution in [0, 0.1) is 17.6 Å². The first kappa shape index (κ1) is 14.1. The fourth-order valence-corrected chi connectivity index (χ4v) is 1.90. The second-order valence-corrected chi connectivity index (χ2v) is 4.70. The lowest BCUT2D eigenvalue weighted by Crippen LogP contribution is -2.31. The molecule has 2 unspecified atom stereocenters. The van der Waals surface area contributed by atoms with Gasteiger partial charge in [-0.25, -0.2) is 8.78 Å². The topological polar surface area (TPSA) is 26.0 Å². The van der Waals surface area contributed by atoms with E-state index in [0.29, 0.717) is 17.9 Å². The van der Waals surface area contributed by atoms with Crippen molar-refractivity contribution in [3.8, 4) is 0 Å². The minimum Gasteiger partial charge on any atom is -0.327 e. The number of nitrogens with two attached hydrogens (primary N) is 1. The highest BCUT2D eigenvalue weighted by atomic mass is 19.2. The molecule has 1 nitrogen and oxygen atoms in total. The monoisotopic (exact) mass is 241 g/mol. The van der Waals surface area contributed by atoms with Gasteiger partial charge in [-0.2, -0.15) is 0 Å². The molecule has 17 heavy (non-hydrogen) atoms. The van der Waals surface area contributed by atoms with Crippen LogP contribution in [0.25, 0.3) is 0 Å². The van der Waals surface area contributed by atoms with Crippen molar-refractivity contribution >= 4 is 0 Å². The average Bonchev–Trinajstić information content (AvgIpc) is 2.31. The smallest absolute Gasteiger partial charge is 0.162 e. The zero-order valence-corrected chi connectivity index (χ0v) is 10.5. The summed E-state index contributed by atoms with van der Waals surface area (Å²) in [7, 11) is 0. The molecule has 2 atom stereocenters. The van der Waals surface area contributed by atoms with E-state index in [2.05, 4.69) is 13.8 Å². The molecule has 0 aromatic heterocycles. The Balaban J connectivity index is 2.61. The lowest BCUT2D eigenvalue weighted by atomic mass is 9.91. The van der Waals surface area contributed by atoms with Gasteiger partial charge in [0, 0.05) is 6.04 Å². The maximum atomic E-state index is 13.4. The van der Waals surface area contributed by atoms with Crippen LogP contribution in [0.5, 0.6) is 0 Å². The Kier molecular flexibility index (Phi) is 5.56. The van der Waals surface area contributed by atoms with Crippen LogP contribution >= 0.6 is 0 Å². The number of unbranched alkanes of at least 4 members (excludes halogenated alkanes) is 1. The van der Waals surface area contributed by atoms with Gasteiger partial charge in [0.15, 0.2) is 11.6 Å². The van der Waals surface area contributed by atoms with Crippen LogP contribution < -0.4 is 5.73 Å². The standard InChI is InChI=1S/C14H21F2N/c1-3-4-6-10(2)13(17)9-11-7-5-8-12(15)14(11)16/h5,7-8,10,13H,3-4,6,9,17H2,1-2H3. The lowest BCUT2D eigenvalue weighted by molar-refractivity contribution is 0.403. The summed E-state index contributed by atoms with van der Waals surface area (Å²) < 4.78 is 26.5. The van der Waals surface area contributed by atoms with Crippen molar-refractivity contribution in [1.82, 2.24) is 0 Å². The summed E-state index contributed by atoms with van der Waals surface area (Å²) in [5.74, 6) is -1.22. The number of hydrogen-bond donors (Lipinski definition) is 1. The Morgan fingerprint density at radius 3 is 2.65 bits per heavy atom. The molecule has 0 aliphatic rings. The van der Waals surface area contributed by atoms with Crippen molar-refractivity contribution in [3.63, 3.8) is 0 Å². The van der Waals surface area contributed by atoms with Crippen LogP contribution in [0.1, 0.15) is 38.7 Å². The van der Waals surface area contributed by atoms with Gasteiger partial charge < -0.3 is 5.73 Å². The Bertz CT molecular complexity index is 352. The van der Waals surface area contributed by atoms with Crippen molar-refractivity contribution < 1.29 is 8.78 Å². The van der Waals surface area contributed by atoms with E-state index in [1.54, 1.807) is 6.07 Å². The maximum Gasteiger partial charge on any atom is 0.162 e. The molecule has 0 spiro atoms. The van der Waals surface area contributed by atoms with Crippen LogP contribution in [-0.4, -0.2) is 6.04 Å². The van der Waals surface area contributed by atoms with Gasteiger partial charge in [-0.1, -0.05) is 38.8 Å². The third kappa shape index (κ3) is 4.08. The van der Waals surface area contributed by atoms with Crippen molar-refractivity contribution in [2.24, 2.45) is 11.7 Å². The van der Waals surface area contributed by atoms with Gasteiger partial charge in [-0.05, 0) is 30.4 Å². The first-order chi connectivity index (χ1) is 8.06. The van der Waals surface area contributed by atoms with E-state index in [9.17, 15) is 8.78 Å². The third-order valence-corrected chi connectivity index (χ3v) is 3.23. The Hall–Kier alpha value is -0.960. The fraction of sp³-hybridized carbons (Fsp3) is 0.571. The Morgan fingerprint density at radius 2 is 2.00 bits per heavy atom. The van der Waals surface area contributed by atoms with E-state index in [0.717, 1.165) is 25.3 Å². The third-order valence-electron chi connectivity index (χ3n) is 3.23. The predicted octanol–water partition coefficient (Wildman–Crippen LogP) is 3.66. The quantitative estimate of drug-likeness (QED) is 0.808. The molecule has 0 aliphatic carbocycles. The van der Waals surface area contributed by atoms with Crippen molar-refractivity contribution in [3.05, 3.63) is 35.4 Å². The maximum absolute atomic E-state index is 13.4. The van der Waals surface area contributed by atoms with Gasteiger partial charge in [0.05, 0.1) is 0 Å². The van der Waals surface area contributed by atoms with Gasteiger partial charge in [-0.15, -0.1) is 0 Å². The van der Waals surface area contributed by atoms with Gasteiger partial charge in [0.2, 0.25) is 0 Å². The molecule has 0 radical (unpaired) electrons. The van der Waals surface area contributed by atoms with E-state index < -0.39 is 11.6 Å². The molecule has 3 heteroatoms. The summed E-state index contributed by atoms with van der Waals surface area (Å²) in [6.07, 6.45) is 3.69. The van der Waals surface area contributed by atoms with Crippen molar-refractivity contribution in [2.75, 3.05) is 0 Å². The van der Waals surface area contributed by atoms with E-state index in [1.165, 1.54) is 6.07 Å². The number of halogens is 2. The minimum atomic E-state index is -0.795. The molecule has 1 aromatic rings. The highest BCUT2D eigenvalue weighted by molar-refractivity contribution is 5.20. The highest BCUT2D eigenvalue weighted by Crippen LogP contribution is 2.18. The van der Waals surface area contributed by atoms with E-state index in [1.807, 2.05) is 0 Å². The second kappa shape index (κ2) is 6.70. The first-order valence-corrected chi connectivity index (χ1v) is 6.24. The van der Waals surface area contributed by atoms with E-state index in [4.69, 9.17) is 5.73 Å². The molecule has 0 bridgehead atoms. The molecule has 0 amide bonds. The van der Waals surface area contributed by atoms with Gasteiger partial charge in [0.1, 0.15) is 0 Å². The molecule has 0 heterocycles. The van der Waals surface area contributed by atoms with Gasteiger partial charge in [-0.3, -0.25) is 0 Å². The lowest BCUT2D eigenvalue weighted by Gasteiger charge is -2.20.